The first kappa shape index (κ1) is 16.0. The number of ether oxygens (including phenoxy) is 1. The smallest absolute Gasteiger partial charge is 0.129 e. The van der Waals surface area contributed by atoms with Crippen molar-refractivity contribution in [2.75, 3.05) is 0 Å². The van der Waals surface area contributed by atoms with Gasteiger partial charge in [0.1, 0.15) is 11.9 Å². The second kappa shape index (κ2) is 7.55. The van der Waals surface area contributed by atoms with Crippen molar-refractivity contribution in [1.82, 2.24) is 0 Å². The zero-order chi connectivity index (χ0) is 15.2. The highest BCUT2D eigenvalue weighted by molar-refractivity contribution is 6.30. The van der Waals surface area contributed by atoms with Gasteiger partial charge in [0.25, 0.3) is 0 Å². The maximum Gasteiger partial charge on any atom is 0.129 e. The standard InChI is InChI=1S/C17H19ClFNO/c1-2-16(20)17(14-5-3-4-6-15(14)19)21-11-12-7-9-13(18)10-8-12/h3-10,16-17H,2,11,20H2,1H3. The monoisotopic (exact) mass is 307 g/mol. The fourth-order valence-corrected chi connectivity index (χ4v) is 2.26. The van der Waals surface area contributed by atoms with Crippen LogP contribution in [0.15, 0.2) is 48.5 Å². The fraction of sp³-hybridized carbons (Fsp3) is 0.294. The van der Waals surface area contributed by atoms with Crippen molar-refractivity contribution < 1.29 is 9.13 Å². The van der Waals surface area contributed by atoms with Crippen LogP contribution in [-0.4, -0.2) is 6.04 Å². The maximum absolute atomic E-state index is 14.0. The van der Waals surface area contributed by atoms with Gasteiger partial charge in [0.15, 0.2) is 0 Å². The molecule has 0 bridgehead atoms. The molecule has 0 aliphatic rings. The Balaban J connectivity index is 2.14. The first-order chi connectivity index (χ1) is 10.1. The van der Waals surface area contributed by atoms with E-state index in [0.29, 0.717) is 23.6 Å². The minimum Gasteiger partial charge on any atom is -0.367 e. The summed E-state index contributed by atoms with van der Waals surface area (Å²) >= 11 is 5.85. The van der Waals surface area contributed by atoms with Gasteiger partial charge in [-0.15, -0.1) is 0 Å². The van der Waals surface area contributed by atoms with Gasteiger partial charge in [-0.3, -0.25) is 0 Å². The highest BCUT2D eigenvalue weighted by atomic mass is 35.5. The molecule has 21 heavy (non-hydrogen) atoms. The summed E-state index contributed by atoms with van der Waals surface area (Å²) in [5.41, 5.74) is 7.57. The third kappa shape index (κ3) is 4.27. The molecule has 0 aliphatic carbocycles. The second-order valence-corrected chi connectivity index (χ2v) is 5.39. The molecule has 0 saturated carbocycles. The Kier molecular flexibility index (Phi) is 5.74. The van der Waals surface area contributed by atoms with Crippen LogP contribution < -0.4 is 5.73 Å². The predicted octanol–water partition coefficient (Wildman–Crippen LogP) is 4.47. The summed E-state index contributed by atoms with van der Waals surface area (Å²) in [5.74, 6) is -0.289. The molecular weight excluding hydrogens is 289 g/mol. The van der Waals surface area contributed by atoms with E-state index < -0.39 is 6.10 Å². The number of nitrogens with two attached hydrogens (primary N) is 1. The molecule has 0 aromatic heterocycles. The van der Waals surface area contributed by atoms with E-state index in [-0.39, 0.29) is 11.9 Å². The molecule has 0 aliphatic heterocycles. The Labute approximate surface area is 129 Å². The van der Waals surface area contributed by atoms with E-state index in [1.807, 2.05) is 19.1 Å². The van der Waals surface area contributed by atoms with Crippen molar-refractivity contribution in [3.63, 3.8) is 0 Å². The number of rotatable bonds is 6. The number of hydrogen-bond donors (Lipinski definition) is 1. The summed E-state index contributed by atoms with van der Waals surface area (Å²) in [6, 6.07) is 13.7. The van der Waals surface area contributed by atoms with Crippen molar-refractivity contribution in [2.24, 2.45) is 5.73 Å². The zero-order valence-corrected chi connectivity index (χ0v) is 12.7. The zero-order valence-electron chi connectivity index (χ0n) is 11.9. The van der Waals surface area contributed by atoms with Gasteiger partial charge in [0.05, 0.1) is 6.61 Å². The van der Waals surface area contributed by atoms with Crippen molar-refractivity contribution in [1.29, 1.82) is 0 Å². The lowest BCUT2D eigenvalue weighted by atomic mass is 10.0. The molecule has 4 heteroatoms. The molecule has 2 aromatic rings. The molecule has 2 nitrogen and oxygen atoms in total. The van der Waals surface area contributed by atoms with Crippen LogP contribution in [0.2, 0.25) is 5.02 Å². The molecule has 0 fully saturated rings. The lowest BCUT2D eigenvalue weighted by Crippen LogP contribution is -2.30. The summed E-state index contributed by atoms with van der Waals surface area (Å²) in [6.07, 6.45) is 0.242. The van der Waals surface area contributed by atoms with Gasteiger partial charge in [-0.05, 0) is 30.2 Å². The van der Waals surface area contributed by atoms with Gasteiger partial charge in [0.2, 0.25) is 0 Å². The van der Waals surface area contributed by atoms with E-state index in [9.17, 15) is 4.39 Å². The molecule has 2 atom stereocenters. The minimum absolute atomic E-state index is 0.255. The van der Waals surface area contributed by atoms with Gasteiger partial charge < -0.3 is 10.5 Å². The fourth-order valence-electron chi connectivity index (χ4n) is 2.13. The van der Waals surface area contributed by atoms with Gasteiger partial charge in [0, 0.05) is 16.6 Å². The quantitative estimate of drug-likeness (QED) is 0.854. The van der Waals surface area contributed by atoms with Gasteiger partial charge in [-0.25, -0.2) is 4.39 Å². The van der Waals surface area contributed by atoms with Crippen molar-refractivity contribution >= 4 is 11.6 Å². The van der Waals surface area contributed by atoms with E-state index in [1.165, 1.54) is 6.07 Å². The Morgan fingerprint density at radius 1 is 1.14 bits per heavy atom. The number of halogens is 2. The van der Waals surface area contributed by atoms with Crippen molar-refractivity contribution in [3.05, 3.63) is 70.5 Å². The summed E-state index contributed by atoms with van der Waals surface area (Å²) in [6.45, 7) is 2.33. The average molecular weight is 308 g/mol. The molecule has 0 heterocycles. The Morgan fingerprint density at radius 3 is 2.43 bits per heavy atom. The molecule has 2 aromatic carbocycles. The Morgan fingerprint density at radius 2 is 1.81 bits per heavy atom. The first-order valence-electron chi connectivity index (χ1n) is 6.98. The molecule has 2 unspecified atom stereocenters. The van der Waals surface area contributed by atoms with Crippen LogP contribution in [0.25, 0.3) is 0 Å². The lowest BCUT2D eigenvalue weighted by Gasteiger charge is -2.24. The van der Waals surface area contributed by atoms with Crippen LogP contribution in [0.3, 0.4) is 0 Å². The summed E-state index contributed by atoms with van der Waals surface area (Å²) in [4.78, 5) is 0. The molecule has 112 valence electrons. The van der Waals surface area contributed by atoms with Gasteiger partial charge in [-0.1, -0.05) is 48.9 Å². The van der Waals surface area contributed by atoms with E-state index in [0.717, 1.165) is 5.56 Å². The molecular formula is C17H19ClFNO. The number of hydrogen-bond acceptors (Lipinski definition) is 2. The molecule has 0 spiro atoms. The van der Waals surface area contributed by atoms with E-state index in [1.54, 1.807) is 30.3 Å². The second-order valence-electron chi connectivity index (χ2n) is 4.95. The lowest BCUT2D eigenvalue weighted by molar-refractivity contribution is 0.0190. The summed E-state index contributed by atoms with van der Waals surface area (Å²) in [5, 5.41) is 0.676. The Hall–Kier alpha value is -1.42. The molecule has 2 N–H and O–H groups in total. The topological polar surface area (TPSA) is 35.2 Å². The van der Waals surface area contributed by atoms with Crippen LogP contribution in [0, 0.1) is 5.82 Å². The highest BCUT2D eigenvalue weighted by Crippen LogP contribution is 2.26. The third-order valence-corrected chi connectivity index (χ3v) is 3.67. The average Bonchev–Trinajstić information content (AvgIpc) is 2.50. The van der Waals surface area contributed by atoms with Crippen LogP contribution in [0.1, 0.15) is 30.6 Å². The number of benzene rings is 2. The van der Waals surface area contributed by atoms with Gasteiger partial charge in [-0.2, -0.15) is 0 Å². The molecule has 2 rings (SSSR count). The van der Waals surface area contributed by atoms with Crippen LogP contribution in [-0.2, 0) is 11.3 Å². The van der Waals surface area contributed by atoms with Crippen LogP contribution in [0.4, 0.5) is 4.39 Å². The van der Waals surface area contributed by atoms with Crippen molar-refractivity contribution in [3.8, 4) is 0 Å². The summed E-state index contributed by atoms with van der Waals surface area (Å²) in [7, 11) is 0. The van der Waals surface area contributed by atoms with Crippen LogP contribution >= 0.6 is 11.6 Å². The Bertz CT molecular complexity index is 573. The van der Waals surface area contributed by atoms with Gasteiger partial charge >= 0.3 is 0 Å². The molecule has 0 saturated heterocycles. The highest BCUT2D eigenvalue weighted by Gasteiger charge is 2.22. The van der Waals surface area contributed by atoms with E-state index in [2.05, 4.69) is 0 Å². The first-order valence-corrected chi connectivity index (χ1v) is 7.35. The SMILES string of the molecule is CCC(N)C(OCc1ccc(Cl)cc1)c1ccccc1F. The molecule has 0 radical (unpaired) electrons. The minimum atomic E-state index is -0.466. The van der Waals surface area contributed by atoms with Crippen LogP contribution in [0.5, 0.6) is 0 Å². The predicted molar refractivity (Wildman–Crippen MR) is 83.6 cm³/mol. The van der Waals surface area contributed by atoms with E-state index in [4.69, 9.17) is 22.1 Å². The summed E-state index contributed by atoms with van der Waals surface area (Å²) < 4.78 is 19.8. The largest absolute Gasteiger partial charge is 0.367 e. The molecule has 0 amide bonds. The third-order valence-electron chi connectivity index (χ3n) is 3.41. The van der Waals surface area contributed by atoms with Crippen molar-refractivity contribution in [2.45, 2.75) is 32.1 Å². The van der Waals surface area contributed by atoms with E-state index >= 15 is 0 Å². The normalized spacial score (nSPS) is 13.9. The maximum atomic E-state index is 14.0.